The van der Waals surface area contributed by atoms with Gasteiger partial charge < -0.3 is 0 Å². The largest absolute Gasteiger partial charge is 0.250 e. The molecule has 0 bridgehead atoms. The molecule has 0 aromatic carbocycles. The van der Waals surface area contributed by atoms with Crippen LogP contribution in [-0.4, -0.2) is 21.2 Å². The fourth-order valence-corrected chi connectivity index (χ4v) is 1.41. The maximum absolute atomic E-state index is 11.6. The van der Waals surface area contributed by atoms with Gasteiger partial charge >= 0.3 is 0 Å². The summed E-state index contributed by atoms with van der Waals surface area (Å²) in [5, 5.41) is 0. The number of hydrogen-bond donors (Lipinski definition) is 0. The standard InChI is InChI=1S/C9H14N2OS/c1-4-13(3,12)11-9-6-5-8(2)7-10-9/h5-7H,4H2,1-3H3. The van der Waals surface area contributed by atoms with Gasteiger partial charge in [0.1, 0.15) is 0 Å². The molecule has 1 heterocycles. The molecule has 0 saturated carbocycles. The van der Waals surface area contributed by atoms with E-state index >= 15 is 0 Å². The van der Waals surface area contributed by atoms with Crippen LogP contribution in [0.5, 0.6) is 0 Å². The molecule has 0 spiro atoms. The Kier molecular flexibility index (Phi) is 3.03. The van der Waals surface area contributed by atoms with Gasteiger partial charge in [-0.15, -0.1) is 0 Å². The average molecular weight is 198 g/mol. The predicted molar refractivity (Wildman–Crippen MR) is 55.7 cm³/mol. The number of nitrogens with zero attached hydrogens (tertiary/aromatic N) is 2. The van der Waals surface area contributed by atoms with Crippen LogP contribution in [0, 0.1) is 6.92 Å². The van der Waals surface area contributed by atoms with Gasteiger partial charge in [0.05, 0.1) is 9.73 Å². The van der Waals surface area contributed by atoms with E-state index in [9.17, 15) is 4.21 Å². The second kappa shape index (κ2) is 3.87. The molecule has 0 N–H and O–H groups in total. The number of rotatable bonds is 2. The Morgan fingerprint density at radius 1 is 1.54 bits per heavy atom. The zero-order valence-corrected chi connectivity index (χ0v) is 8.97. The van der Waals surface area contributed by atoms with E-state index in [0.29, 0.717) is 11.6 Å². The summed E-state index contributed by atoms with van der Waals surface area (Å²) in [7, 11) is -2.07. The molecule has 0 radical (unpaired) electrons. The normalized spacial score (nSPS) is 15.0. The maximum Gasteiger partial charge on any atom is 0.161 e. The topological polar surface area (TPSA) is 42.3 Å². The van der Waals surface area contributed by atoms with Crippen LogP contribution >= 0.6 is 0 Å². The van der Waals surface area contributed by atoms with Gasteiger partial charge in [0.25, 0.3) is 0 Å². The Labute approximate surface area is 79.4 Å². The summed E-state index contributed by atoms with van der Waals surface area (Å²) in [4.78, 5) is 4.07. The van der Waals surface area contributed by atoms with Crippen LogP contribution in [0.25, 0.3) is 0 Å². The van der Waals surface area contributed by atoms with Crippen molar-refractivity contribution in [1.82, 2.24) is 4.98 Å². The monoisotopic (exact) mass is 198 g/mol. The molecule has 1 unspecified atom stereocenters. The van der Waals surface area contributed by atoms with Gasteiger partial charge in [-0.25, -0.2) is 9.19 Å². The summed E-state index contributed by atoms with van der Waals surface area (Å²) in [6.45, 7) is 3.82. The van der Waals surface area contributed by atoms with Crippen molar-refractivity contribution >= 4 is 15.5 Å². The molecule has 13 heavy (non-hydrogen) atoms. The molecule has 0 aliphatic carbocycles. The minimum absolute atomic E-state index is 0.556. The molecular weight excluding hydrogens is 184 g/mol. The lowest BCUT2D eigenvalue weighted by molar-refractivity contribution is 0.681. The summed E-state index contributed by atoms with van der Waals surface area (Å²) in [5.74, 6) is 1.11. The van der Waals surface area contributed by atoms with Gasteiger partial charge in [0, 0.05) is 18.2 Å². The van der Waals surface area contributed by atoms with Gasteiger partial charge in [0.15, 0.2) is 5.82 Å². The Hall–Kier alpha value is -0.900. The second-order valence-corrected chi connectivity index (χ2v) is 5.71. The third kappa shape index (κ3) is 3.14. The fraction of sp³-hybridized carbons (Fsp3) is 0.444. The van der Waals surface area contributed by atoms with Crippen LogP contribution in [0.3, 0.4) is 0 Å². The van der Waals surface area contributed by atoms with E-state index in [1.807, 2.05) is 19.9 Å². The first kappa shape index (κ1) is 10.2. The molecule has 1 rings (SSSR count). The Bertz CT molecular complexity index is 389. The first-order valence-electron chi connectivity index (χ1n) is 4.16. The molecular formula is C9H14N2OS. The number of aryl methyl sites for hydroxylation is 1. The second-order valence-electron chi connectivity index (χ2n) is 3.03. The van der Waals surface area contributed by atoms with Gasteiger partial charge in [0.2, 0.25) is 0 Å². The molecule has 1 aromatic heterocycles. The zero-order chi connectivity index (χ0) is 9.90. The van der Waals surface area contributed by atoms with Crippen LogP contribution in [0.15, 0.2) is 22.7 Å². The van der Waals surface area contributed by atoms with Crippen molar-refractivity contribution in [1.29, 1.82) is 0 Å². The molecule has 0 amide bonds. The van der Waals surface area contributed by atoms with E-state index in [1.54, 1.807) is 18.5 Å². The first-order valence-corrected chi connectivity index (χ1v) is 6.25. The van der Waals surface area contributed by atoms with Crippen molar-refractivity contribution in [2.24, 2.45) is 4.36 Å². The highest BCUT2D eigenvalue weighted by molar-refractivity contribution is 7.93. The van der Waals surface area contributed by atoms with Gasteiger partial charge in [-0.1, -0.05) is 13.0 Å². The number of hydrogen-bond acceptors (Lipinski definition) is 3. The van der Waals surface area contributed by atoms with E-state index in [0.717, 1.165) is 5.56 Å². The van der Waals surface area contributed by atoms with E-state index < -0.39 is 9.73 Å². The maximum atomic E-state index is 11.6. The van der Waals surface area contributed by atoms with Gasteiger partial charge in [-0.2, -0.15) is 4.36 Å². The summed E-state index contributed by atoms with van der Waals surface area (Å²) >= 11 is 0. The SMILES string of the molecule is CCS(C)(=O)=Nc1ccc(C)cn1. The molecule has 0 fully saturated rings. The highest BCUT2D eigenvalue weighted by atomic mass is 32.2. The summed E-state index contributed by atoms with van der Waals surface area (Å²) in [6.07, 6.45) is 3.37. The van der Waals surface area contributed by atoms with Crippen LogP contribution in [0.2, 0.25) is 0 Å². The highest BCUT2D eigenvalue weighted by Gasteiger charge is 1.97. The smallest absolute Gasteiger partial charge is 0.161 e. The Balaban J connectivity index is 3.06. The third-order valence-electron chi connectivity index (χ3n) is 1.72. The van der Waals surface area contributed by atoms with E-state index in [4.69, 9.17) is 0 Å². The van der Waals surface area contributed by atoms with Crippen LogP contribution in [-0.2, 0) is 9.73 Å². The highest BCUT2D eigenvalue weighted by Crippen LogP contribution is 2.10. The molecule has 0 saturated heterocycles. The van der Waals surface area contributed by atoms with Crippen molar-refractivity contribution in [3.8, 4) is 0 Å². The van der Waals surface area contributed by atoms with Crippen molar-refractivity contribution in [3.05, 3.63) is 23.9 Å². The third-order valence-corrected chi connectivity index (χ3v) is 3.36. The predicted octanol–water partition coefficient (Wildman–Crippen LogP) is 2.14. The summed E-state index contributed by atoms with van der Waals surface area (Å²) < 4.78 is 15.7. The number of aromatic nitrogens is 1. The van der Waals surface area contributed by atoms with E-state index in [-0.39, 0.29) is 0 Å². The lowest BCUT2D eigenvalue weighted by Gasteiger charge is -1.99. The first-order chi connectivity index (χ1) is 6.03. The van der Waals surface area contributed by atoms with Crippen molar-refractivity contribution in [3.63, 3.8) is 0 Å². The quantitative estimate of drug-likeness (QED) is 0.730. The summed E-state index contributed by atoms with van der Waals surface area (Å²) in [6, 6.07) is 3.70. The Morgan fingerprint density at radius 2 is 2.23 bits per heavy atom. The van der Waals surface area contributed by atoms with Crippen LogP contribution in [0.1, 0.15) is 12.5 Å². The van der Waals surface area contributed by atoms with Crippen molar-refractivity contribution in [2.75, 3.05) is 12.0 Å². The molecule has 72 valence electrons. The molecule has 1 atom stereocenters. The average Bonchev–Trinajstić information content (AvgIpc) is 2.09. The molecule has 4 heteroatoms. The van der Waals surface area contributed by atoms with Gasteiger partial charge in [-0.05, 0) is 18.6 Å². The minimum Gasteiger partial charge on any atom is -0.250 e. The van der Waals surface area contributed by atoms with E-state index in [2.05, 4.69) is 9.35 Å². The molecule has 3 nitrogen and oxygen atoms in total. The molecule has 1 aromatic rings. The summed E-state index contributed by atoms with van der Waals surface area (Å²) in [5.41, 5.74) is 1.08. The molecule has 0 aliphatic rings. The van der Waals surface area contributed by atoms with Crippen molar-refractivity contribution < 1.29 is 4.21 Å². The lowest BCUT2D eigenvalue weighted by atomic mass is 10.3. The van der Waals surface area contributed by atoms with Gasteiger partial charge in [-0.3, -0.25) is 0 Å². The minimum atomic E-state index is -2.07. The zero-order valence-electron chi connectivity index (χ0n) is 8.15. The van der Waals surface area contributed by atoms with Crippen LogP contribution in [0.4, 0.5) is 5.82 Å². The Morgan fingerprint density at radius 3 is 2.69 bits per heavy atom. The lowest BCUT2D eigenvalue weighted by Crippen LogP contribution is -1.98. The van der Waals surface area contributed by atoms with Crippen LogP contribution < -0.4 is 0 Å². The fourth-order valence-electron chi connectivity index (χ4n) is 0.776. The van der Waals surface area contributed by atoms with E-state index in [1.165, 1.54) is 0 Å². The molecule has 0 aliphatic heterocycles. The number of pyridine rings is 1. The van der Waals surface area contributed by atoms with Crippen molar-refractivity contribution in [2.45, 2.75) is 13.8 Å².